The highest BCUT2D eigenvalue weighted by atomic mass is 19.1. The molecule has 1 aromatic carbocycles. The average molecular weight is 236 g/mol. The van der Waals surface area contributed by atoms with E-state index in [-0.39, 0.29) is 11.7 Å². The zero-order valence-corrected chi connectivity index (χ0v) is 9.95. The molecule has 3 nitrogen and oxygen atoms in total. The topological polar surface area (TPSA) is 32.3 Å². The molecule has 17 heavy (non-hydrogen) atoms. The number of nitrogens with zero attached hydrogens (tertiary/aromatic N) is 1. The minimum absolute atomic E-state index is 0.0187. The molecule has 92 valence electrons. The van der Waals surface area contributed by atoms with Crippen molar-refractivity contribution in [1.29, 1.82) is 0 Å². The van der Waals surface area contributed by atoms with Crippen LogP contribution in [0.1, 0.15) is 13.3 Å². The Kier molecular flexibility index (Phi) is 3.61. The van der Waals surface area contributed by atoms with Crippen molar-refractivity contribution < 1.29 is 9.18 Å². The Morgan fingerprint density at radius 3 is 2.82 bits per heavy atom. The standard InChI is InChI=1S/C13H17FN2O/c1-10(17)15-8-11-6-7-16(9-11)13-4-2-12(14)3-5-13/h2-5,11H,6-9H2,1H3,(H,15,17). The van der Waals surface area contributed by atoms with Crippen molar-refractivity contribution in [1.82, 2.24) is 5.32 Å². The summed E-state index contributed by atoms with van der Waals surface area (Å²) < 4.78 is 12.8. The van der Waals surface area contributed by atoms with Gasteiger partial charge in [-0.15, -0.1) is 0 Å². The zero-order chi connectivity index (χ0) is 12.3. The lowest BCUT2D eigenvalue weighted by atomic mass is 10.1. The summed E-state index contributed by atoms with van der Waals surface area (Å²) in [5, 5.41) is 2.84. The molecule has 0 spiro atoms. The third-order valence-corrected chi connectivity index (χ3v) is 3.12. The van der Waals surface area contributed by atoms with Crippen LogP contribution in [-0.2, 0) is 4.79 Å². The van der Waals surface area contributed by atoms with Crippen molar-refractivity contribution in [3.63, 3.8) is 0 Å². The van der Waals surface area contributed by atoms with Crippen LogP contribution in [0.25, 0.3) is 0 Å². The minimum Gasteiger partial charge on any atom is -0.371 e. The molecule has 1 aliphatic heterocycles. The molecule has 1 unspecified atom stereocenters. The molecule has 1 aromatic rings. The number of rotatable bonds is 3. The molecular weight excluding hydrogens is 219 g/mol. The van der Waals surface area contributed by atoms with Crippen LogP contribution in [0.15, 0.2) is 24.3 Å². The van der Waals surface area contributed by atoms with Gasteiger partial charge in [-0.05, 0) is 36.6 Å². The number of hydrogen-bond donors (Lipinski definition) is 1. The smallest absolute Gasteiger partial charge is 0.216 e. The van der Waals surface area contributed by atoms with Gasteiger partial charge >= 0.3 is 0 Å². The summed E-state index contributed by atoms with van der Waals surface area (Å²) >= 11 is 0. The quantitative estimate of drug-likeness (QED) is 0.867. The molecule has 0 saturated carbocycles. The molecule has 1 saturated heterocycles. The van der Waals surface area contributed by atoms with E-state index in [0.29, 0.717) is 5.92 Å². The van der Waals surface area contributed by atoms with Gasteiger partial charge in [-0.3, -0.25) is 4.79 Å². The fraction of sp³-hybridized carbons (Fsp3) is 0.462. The molecule has 0 aromatic heterocycles. The van der Waals surface area contributed by atoms with Crippen molar-refractivity contribution >= 4 is 11.6 Å². The van der Waals surface area contributed by atoms with Gasteiger partial charge in [-0.25, -0.2) is 4.39 Å². The number of amides is 1. The van der Waals surface area contributed by atoms with E-state index in [2.05, 4.69) is 10.2 Å². The van der Waals surface area contributed by atoms with E-state index in [9.17, 15) is 9.18 Å². The van der Waals surface area contributed by atoms with E-state index in [0.717, 1.165) is 31.7 Å². The Morgan fingerprint density at radius 1 is 1.47 bits per heavy atom. The Labute approximate surface area is 101 Å². The summed E-state index contributed by atoms with van der Waals surface area (Å²) in [6.07, 6.45) is 1.07. The first kappa shape index (κ1) is 11.9. The van der Waals surface area contributed by atoms with Gasteiger partial charge in [0.2, 0.25) is 5.91 Å². The van der Waals surface area contributed by atoms with Crippen LogP contribution in [0.5, 0.6) is 0 Å². The fourth-order valence-corrected chi connectivity index (χ4v) is 2.17. The first-order valence-corrected chi connectivity index (χ1v) is 5.90. The Balaban J connectivity index is 1.89. The molecule has 0 aliphatic carbocycles. The summed E-state index contributed by atoms with van der Waals surface area (Å²) in [5.41, 5.74) is 1.05. The SMILES string of the molecule is CC(=O)NCC1CCN(c2ccc(F)cc2)C1. The predicted octanol–water partition coefficient (Wildman–Crippen LogP) is 1.79. The number of carbonyl (C=O) groups excluding carboxylic acids is 1. The Morgan fingerprint density at radius 2 is 2.18 bits per heavy atom. The number of benzene rings is 1. The highest BCUT2D eigenvalue weighted by molar-refractivity contribution is 5.72. The van der Waals surface area contributed by atoms with Crippen LogP contribution in [-0.4, -0.2) is 25.5 Å². The number of nitrogens with one attached hydrogen (secondary N) is 1. The summed E-state index contributed by atoms with van der Waals surface area (Å²) in [4.78, 5) is 13.1. The van der Waals surface area contributed by atoms with Crippen molar-refractivity contribution in [2.24, 2.45) is 5.92 Å². The van der Waals surface area contributed by atoms with Crippen LogP contribution in [0, 0.1) is 11.7 Å². The molecule has 1 aliphatic rings. The second-order valence-corrected chi connectivity index (χ2v) is 4.51. The van der Waals surface area contributed by atoms with Crippen LogP contribution in [0.2, 0.25) is 0 Å². The highest BCUT2D eigenvalue weighted by Gasteiger charge is 2.22. The molecule has 2 rings (SSSR count). The van der Waals surface area contributed by atoms with Crippen molar-refractivity contribution in [3.05, 3.63) is 30.1 Å². The number of hydrogen-bond acceptors (Lipinski definition) is 2. The average Bonchev–Trinajstić information content (AvgIpc) is 2.76. The highest BCUT2D eigenvalue weighted by Crippen LogP contribution is 2.23. The van der Waals surface area contributed by atoms with Crippen molar-refractivity contribution in [2.75, 3.05) is 24.5 Å². The monoisotopic (exact) mass is 236 g/mol. The molecule has 1 fully saturated rings. The van der Waals surface area contributed by atoms with E-state index in [1.165, 1.54) is 19.1 Å². The number of anilines is 1. The molecule has 0 bridgehead atoms. The molecular formula is C13H17FN2O. The van der Waals surface area contributed by atoms with Gasteiger partial charge in [-0.1, -0.05) is 0 Å². The van der Waals surface area contributed by atoms with Gasteiger partial charge in [-0.2, -0.15) is 0 Å². The van der Waals surface area contributed by atoms with Gasteiger partial charge in [0.25, 0.3) is 0 Å². The fourth-order valence-electron chi connectivity index (χ4n) is 2.17. The van der Waals surface area contributed by atoms with E-state index < -0.39 is 0 Å². The third kappa shape index (κ3) is 3.19. The lowest BCUT2D eigenvalue weighted by molar-refractivity contribution is -0.119. The van der Waals surface area contributed by atoms with Crippen LogP contribution >= 0.6 is 0 Å². The maximum atomic E-state index is 12.8. The van der Waals surface area contributed by atoms with Gasteiger partial charge in [0.1, 0.15) is 5.82 Å². The number of halogens is 1. The van der Waals surface area contributed by atoms with Gasteiger partial charge in [0.15, 0.2) is 0 Å². The second kappa shape index (κ2) is 5.17. The largest absolute Gasteiger partial charge is 0.371 e. The maximum Gasteiger partial charge on any atom is 0.216 e. The van der Waals surface area contributed by atoms with Crippen molar-refractivity contribution in [2.45, 2.75) is 13.3 Å². The van der Waals surface area contributed by atoms with E-state index in [1.54, 1.807) is 12.1 Å². The molecule has 1 atom stereocenters. The minimum atomic E-state index is -0.206. The second-order valence-electron chi connectivity index (χ2n) is 4.51. The van der Waals surface area contributed by atoms with Gasteiger partial charge in [0, 0.05) is 32.2 Å². The van der Waals surface area contributed by atoms with Crippen LogP contribution in [0.4, 0.5) is 10.1 Å². The predicted molar refractivity (Wildman–Crippen MR) is 65.4 cm³/mol. The third-order valence-electron chi connectivity index (χ3n) is 3.12. The lowest BCUT2D eigenvalue weighted by Gasteiger charge is -2.18. The van der Waals surface area contributed by atoms with E-state index in [1.807, 2.05) is 0 Å². The molecule has 1 N–H and O–H groups in total. The summed E-state index contributed by atoms with van der Waals surface area (Å²) in [5.74, 6) is 0.303. The van der Waals surface area contributed by atoms with E-state index >= 15 is 0 Å². The number of carbonyl (C=O) groups is 1. The zero-order valence-electron chi connectivity index (χ0n) is 9.95. The van der Waals surface area contributed by atoms with Gasteiger partial charge < -0.3 is 10.2 Å². The molecule has 1 amide bonds. The lowest BCUT2D eigenvalue weighted by Crippen LogP contribution is -2.29. The molecule has 0 radical (unpaired) electrons. The molecule has 1 heterocycles. The van der Waals surface area contributed by atoms with Gasteiger partial charge in [0.05, 0.1) is 0 Å². The Hall–Kier alpha value is -1.58. The maximum absolute atomic E-state index is 12.8. The molecule has 4 heteroatoms. The van der Waals surface area contributed by atoms with Crippen molar-refractivity contribution in [3.8, 4) is 0 Å². The summed E-state index contributed by atoms with van der Waals surface area (Å²) in [6, 6.07) is 6.57. The first-order chi connectivity index (χ1) is 8.15. The first-order valence-electron chi connectivity index (χ1n) is 5.90. The van der Waals surface area contributed by atoms with E-state index in [4.69, 9.17) is 0 Å². The Bertz CT molecular complexity index is 391. The normalized spacial score (nSPS) is 19.4. The van der Waals surface area contributed by atoms with Crippen LogP contribution < -0.4 is 10.2 Å². The summed E-state index contributed by atoms with van der Waals surface area (Å²) in [6.45, 7) is 4.15. The van der Waals surface area contributed by atoms with Crippen LogP contribution in [0.3, 0.4) is 0 Å². The summed E-state index contributed by atoms with van der Waals surface area (Å²) in [7, 11) is 0.